The van der Waals surface area contributed by atoms with Gasteiger partial charge in [0.2, 0.25) is 5.91 Å². The minimum Gasteiger partial charge on any atom is -0.507 e. The van der Waals surface area contributed by atoms with E-state index >= 15 is 0 Å². The molecule has 4 heteroatoms. The fourth-order valence-electron chi connectivity index (χ4n) is 1.61. The number of rotatable bonds is 3. The largest absolute Gasteiger partial charge is 0.507 e. The molecule has 0 aliphatic heterocycles. The van der Waals surface area contributed by atoms with Gasteiger partial charge >= 0.3 is 0 Å². The molecule has 0 spiro atoms. The van der Waals surface area contributed by atoms with Gasteiger partial charge in [-0.25, -0.2) is 0 Å². The van der Waals surface area contributed by atoms with Crippen LogP contribution in [0, 0.1) is 0 Å². The molecule has 0 saturated carbocycles. The highest BCUT2D eigenvalue weighted by atomic mass is 16.3. The van der Waals surface area contributed by atoms with Crippen LogP contribution in [-0.2, 0) is 4.79 Å². The van der Waals surface area contributed by atoms with E-state index < -0.39 is 0 Å². The van der Waals surface area contributed by atoms with E-state index in [1.165, 1.54) is 6.92 Å². The molecule has 0 atom stereocenters. The zero-order chi connectivity index (χ0) is 13.7. The van der Waals surface area contributed by atoms with E-state index in [4.69, 9.17) is 0 Å². The summed E-state index contributed by atoms with van der Waals surface area (Å²) in [5.74, 6) is 0.0612. The summed E-state index contributed by atoms with van der Waals surface area (Å²) >= 11 is 0. The molecule has 2 aromatic carbocycles. The Morgan fingerprint density at radius 3 is 2.74 bits per heavy atom. The second-order valence-electron chi connectivity index (χ2n) is 4.05. The summed E-state index contributed by atoms with van der Waals surface area (Å²) in [5.41, 5.74) is 2.04. The van der Waals surface area contributed by atoms with Gasteiger partial charge in [0, 0.05) is 24.4 Å². The number of hydrogen-bond acceptors (Lipinski definition) is 3. The van der Waals surface area contributed by atoms with Crippen molar-refractivity contribution in [2.45, 2.75) is 6.92 Å². The average molecular weight is 254 g/mol. The Hall–Kier alpha value is -2.62. The molecule has 19 heavy (non-hydrogen) atoms. The van der Waals surface area contributed by atoms with Crippen LogP contribution in [0.4, 0.5) is 11.4 Å². The second-order valence-corrected chi connectivity index (χ2v) is 4.05. The van der Waals surface area contributed by atoms with E-state index in [0.29, 0.717) is 16.9 Å². The van der Waals surface area contributed by atoms with Crippen LogP contribution < -0.4 is 5.32 Å². The van der Waals surface area contributed by atoms with Gasteiger partial charge in [-0.1, -0.05) is 18.2 Å². The monoisotopic (exact) mass is 254 g/mol. The van der Waals surface area contributed by atoms with Crippen LogP contribution in [0.2, 0.25) is 0 Å². The molecule has 96 valence electrons. The first-order chi connectivity index (χ1) is 9.15. The van der Waals surface area contributed by atoms with Crippen LogP contribution in [0.15, 0.2) is 53.5 Å². The molecule has 0 aliphatic carbocycles. The Labute approximate surface area is 111 Å². The summed E-state index contributed by atoms with van der Waals surface area (Å²) < 4.78 is 0. The van der Waals surface area contributed by atoms with Crippen molar-refractivity contribution in [1.29, 1.82) is 0 Å². The van der Waals surface area contributed by atoms with Crippen molar-refractivity contribution in [1.82, 2.24) is 0 Å². The quantitative estimate of drug-likeness (QED) is 0.827. The average Bonchev–Trinajstić information content (AvgIpc) is 2.37. The van der Waals surface area contributed by atoms with Crippen molar-refractivity contribution >= 4 is 23.5 Å². The van der Waals surface area contributed by atoms with Crippen LogP contribution >= 0.6 is 0 Å². The zero-order valence-electron chi connectivity index (χ0n) is 10.5. The summed E-state index contributed by atoms with van der Waals surface area (Å²) in [7, 11) is 0. The molecule has 0 heterocycles. The van der Waals surface area contributed by atoms with Crippen molar-refractivity contribution < 1.29 is 9.90 Å². The van der Waals surface area contributed by atoms with Gasteiger partial charge in [-0.05, 0) is 30.3 Å². The molecule has 4 nitrogen and oxygen atoms in total. The topological polar surface area (TPSA) is 61.7 Å². The number of phenolic OH excluding ortho intramolecular Hbond substituents is 1. The van der Waals surface area contributed by atoms with Gasteiger partial charge in [-0.15, -0.1) is 0 Å². The molecule has 0 bridgehead atoms. The molecule has 0 radical (unpaired) electrons. The second kappa shape index (κ2) is 5.82. The van der Waals surface area contributed by atoms with E-state index in [0.717, 1.165) is 0 Å². The van der Waals surface area contributed by atoms with Crippen LogP contribution in [0.3, 0.4) is 0 Å². The molecule has 0 aromatic heterocycles. The number of amides is 1. The number of phenols is 1. The molecule has 0 fully saturated rings. The molecule has 0 unspecified atom stereocenters. The first kappa shape index (κ1) is 12.8. The number of aromatic hydroxyl groups is 1. The number of carbonyl (C=O) groups is 1. The predicted octanol–water partition coefficient (Wildman–Crippen LogP) is 3.10. The van der Waals surface area contributed by atoms with Gasteiger partial charge in [0.25, 0.3) is 0 Å². The number of para-hydroxylation sites is 1. The SMILES string of the molecule is CC(=O)Nc1cccc(N=Cc2ccccc2O)c1. The molecular weight excluding hydrogens is 240 g/mol. The highest BCUT2D eigenvalue weighted by Crippen LogP contribution is 2.19. The number of hydrogen-bond donors (Lipinski definition) is 2. The third kappa shape index (κ3) is 3.67. The van der Waals surface area contributed by atoms with Gasteiger partial charge in [0.1, 0.15) is 5.75 Å². The molecule has 2 rings (SSSR count). The van der Waals surface area contributed by atoms with Gasteiger partial charge < -0.3 is 10.4 Å². The predicted molar refractivity (Wildman–Crippen MR) is 76.1 cm³/mol. The molecule has 1 amide bonds. The summed E-state index contributed by atoms with van der Waals surface area (Å²) in [6.45, 7) is 1.46. The van der Waals surface area contributed by atoms with Crippen molar-refractivity contribution in [3.8, 4) is 5.75 Å². The fourth-order valence-corrected chi connectivity index (χ4v) is 1.61. The van der Waals surface area contributed by atoms with Crippen molar-refractivity contribution in [2.75, 3.05) is 5.32 Å². The Balaban J connectivity index is 2.19. The van der Waals surface area contributed by atoms with E-state index in [2.05, 4.69) is 10.3 Å². The fraction of sp³-hybridized carbons (Fsp3) is 0.0667. The summed E-state index contributed by atoms with van der Waals surface area (Å²) in [6.07, 6.45) is 1.59. The lowest BCUT2D eigenvalue weighted by Gasteiger charge is -2.02. The Morgan fingerprint density at radius 1 is 1.21 bits per heavy atom. The molecule has 0 aliphatic rings. The highest BCUT2D eigenvalue weighted by molar-refractivity contribution is 5.89. The van der Waals surface area contributed by atoms with Crippen LogP contribution in [0.5, 0.6) is 5.75 Å². The smallest absolute Gasteiger partial charge is 0.221 e. The van der Waals surface area contributed by atoms with Crippen LogP contribution in [-0.4, -0.2) is 17.2 Å². The Kier molecular flexibility index (Phi) is 3.93. The van der Waals surface area contributed by atoms with E-state index in [-0.39, 0.29) is 11.7 Å². The molecule has 2 N–H and O–H groups in total. The third-order valence-corrected chi connectivity index (χ3v) is 2.46. The van der Waals surface area contributed by atoms with Crippen molar-refractivity contribution in [2.24, 2.45) is 4.99 Å². The lowest BCUT2D eigenvalue weighted by Crippen LogP contribution is -2.05. The number of anilines is 1. The number of nitrogens with one attached hydrogen (secondary N) is 1. The summed E-state index contributed by atoms with van der Waals surface area (Å²) in [5, 5.41) is 12.3. The van der Waals surface area contributed by atoms with Crippen molar-refractivity contribution in [3.63, 3.8) is 0 Å². The lowest BCUT2D eigenvalue weighted by atomic mass is 10.2. The molecule has 0 saturated heterocycles. The maximum absolute atomic E-state index is 11.0. The zero-order valence-corrected chi connectivity index (χ0v) is 10.5. The first-order valence-electron chi connectivity index (χ1n) is 5.85. The maximum atomic E-state index is 11.0. The summed E-state index contributed by atoms with van der Waals surface area (Å²) in [6, 6.07) is 14.1. The minimum atomic E-state index is -0.123. The van der Waals surface area contributed by atoms with Gasteiger partial charge in [-0.2, -0.15) is 0 Å². The lowest BCUT2D eigenvalue weighted by molar-refractivity contribution is -0.114. The Bertz CT molecular complexity index is 621. The molecular formula is C15H14N2O2. The van der Waals surface area contributed by atoms with E-state index in [1.54, 1.807) is 36.5 Å². The number of nitrogens with zero attached hydrogens (tertiary/aromatic N) is 1. The first-order valence-corrected chi connectivity index (χ1v) is 5.85. The van der Waals surface area contributed by atoms with Gasteiger partial charge in [-0.3, -0.25) is 9.79 Å². The normalized spacial score (nSPS) is 10.6. The maximum Gasteiger partial charge on any atom is 0.221 e. The number of aliphatic imine (C=N–C) groups is 1. The molecule has 2 aromatic rings. The van der Waals surface area contributed by atoms with Crippen molar-refractivity contribution in [3.05, 3.63) is 54.1 Å². The van der Waals surface area contributed by atoms with Gasteiger partial charge in [0.15, 0.2) is 0 Å². The standard InChI is InChI=1S/C15H14N2O2/c1-11(18)17-14-7-4-6-13(9-14)16-10-12-5-2-3-8-15(12)19/h2-10,19H,1H3,(H,17,18). The highest BCUT2D eigenvalue weighted by Gasteiger charge is 1.98. The van der Waals surface area contributed by atoms with E-state index in [9.17, 15) is 9.90 Å². The number of carbonyl (C=O) groups excluding carboxylic acids is 1. The third-order valence-electron chi connectivity index (χ3n) is 2.46. The number of benzene rings is 2. The van der Waals surface area contributed by atoms with Crippen LogP contribution in [0.1, 0.15) is 12.5 Å². The van der Waals surface area contributed by atoms with E-state index in [1.807, 2.05) is 18.2 Å². The minimum absolute atomic E-state index is 0.123. The van der Waals surface area contributed by atoms with Gasteiger partial charge in [0.05, 0.1) is 5.69 Å². The van der Waals surface area contributed by atoms with Crippen LogP contribution in [0.25, 0.3) is 0 Å². The summed E-state index contributed by atoms with van der Waals surface area (Å²) in [4.78, 5) is 15.2. The Morgan fingerprint density at radius 2 is 2.00 bits per heavy atom.